The molecule has 28 heavy (non-hydrogen) atoms. The van der Waals surface area contributed by atoms with Crippen LogP contribution in [0.3, 0.4) is 0 Å². The number of hydrogen-bond donors (Lipinski definition) is 1. The molecule has 0 radical (unpaired) electrons. The highest BCUT2D eigenvalue weighted by atomic mass is 16.5. The molecular formula is C21H27NO6. The minimum atomic E-state index is -0.622. The Morgan fingerprint density at radius 3 is 2.11 bits per heavy atom. The second-order valence-corrected chi connectivity index (χ2v) is 6.33. The van der Waals surface area contributed by atoms with Gasteiger partial charge in [-0.15, -0.1) is 0 Å². The molecule has 0 bridgehead atoms. The first-order valence-corrected chi connectivity index (χ1v) is 9.70. The number of carbonyl (C=O) groups excluding carboxylic acids is 3. The number of unbranched alkanes of at least 4 members (excludes halogenated alkanes) is 2. The Labute approximate surface area is 164 Å². The molecule has 1 aromatic carbocycles. The second-order valence-electron chi connectivity index (χ2n) is 6.33. The lowest BCUT2D eigenvalue weighted by molar-refractivity contribution is 0.0450. The zero-order valence-electron chi connectivity index (χ0n) is 16.6. The van der Waals surface area contributed by atoms with E-state index in [1.165, 1.54) is 6.07 Å². The van der Waals surface area contributed by atoms with E-state index in [2.05, 4.69) is 4.98 Å². The molecule has 0 aliphatic rings. The maximum Gasteiger partial charge on any atom is 0.355 e. The van der Waals surface area contributed by atoms with Crippen molar-refractivity contribution in [1.29, 1.82) is 0 Å². The van der Waals surface area contributed by atoms with Crippen LogP contribution in [-0.2, 0) is 14.2 Å². The van der Waals surface area contributed by atoms with Gasteiger partial charge in [-0.25, -0.2) is 14.4 Å². The van der Waals surface area contributed by atoms with Gasteiger partial charge >= 0.3 is 17.9 Å². The molecule has 0 atom stereocenters. The van der Waals surface area contributed by atoms with Crippen LogP contribution >= 0.6 is 0 Å². The van der Waals surface area contributed by atoms with E-state index in [1.807, 2.05) is 13.8 Å². The molecule has 2 aromatic rings. The average Bonchev–Trinajstić information content (AvgIpc) is 3.07. The summed E-state index contributed by atoms with van der Waals surface area (Å²) in [6.07, 6.45) is 3.21. The van der Waals surface area contributed by atoms with Gasteiger partial charge in [0.25, 0.3) is 0 Å². The largest absolute Gasteiger partial charge is 0.462 e. The van der Waals surface area contributed by atoms with Crippen LogP contribution in [0.1, 0.15) is 77.7 Å². The molecule has 7 nitrogen and oxygen atoms in total. The molecule has 1 heterocycles. The topological polar surface area (TPSA) is 94.7 Å². The number of fused-ring (bicyclic) bond motifs is 1. The van der Waals surface area contributed by atoms with Crippen molar-refractivity contribution in [2.45, 2.75) is 46.5 Å². The molecule has 0 amide bonds. The number of hydrogen-bond acceptors (Lipinski definition) is 6. The quantitative estimate of drug-likeness (QED) is 0.371. The lowest BCUT2D eigenvalue weighted by Crippen LogP contribution is -2.14. The Hall–Kier alpha value is -2.83. The van der Waals surface area contributed by atoms with Crippen LogP contribution in [0.4, 0.5) is 0 Å². The lowest BCUT2D eigenvalue weighted by Gasteiger charge is -2.07. The summed E-state index contributed by atoms with van der Waals surface area (Å²) in [5.74, 6) is -1.74. The third-order valence-electron chi connectivity index (χ3n) is 4.18. The van der Waals surface area contributed by atoms with Gasteiger partial charge in [0.15, 0.2) is 0 Å². The minimum absolute atomic E-state index is 0.0358. The van der Waals surface area contributed by atoms with Crippen molar-refractivity contribution in [3.05, 3.63) is 35.0 Å². The summed E-state index contributed by atoms with van der Waals surface area (Å²) in [4.78, 5) is 40.2. The molecule has 2 rings (SSSR count). The number of ether oxygens (including phenoxy) is 3. The van der Waals surface area contributed by atoms with Gasteiger partial charge in [-0.1, -0.05) is 26.7 Å². The maximum atomic E-state index is 12.7. The summed E-state index contributed by atoms with van der Waals surface area (Å²) in [5, 5.41) is 0.425. The smallest absolute Gasteiger partial charge is 0.355 e. The molecular weight excluding hydrogens is 362 g/mol. The molecule has 1 N–H and O–H groups in total. The first kappa shape index (κ1) is 21.5. The highest BCUT2D eigenvalue weighted by Gasteiger charge is 2.26. The molecule has 0 fully saturated rings. The monoisotopic (exact) mass is 389 g/mol. The zero-order valence-corrected chi connectivity index (χ0v) is 16.6. The Morgan fingerprint density at radius 2 is 1.50 bits per heavy atom. The van der Waals surface area contributed by atoms with E-state index in [-0.39, 0.29) is 31.1 Å². The zero-order chi connectivity index (χ0) is 20.5. The molecule has 0 aliphatic heterocycles. The molecule has 7 heteroatoms. The van der Waals surface area contributed by atoms with Crippen LogP contribution in [0.5, 0.6) is 0 Å². The fraction of sp³-hybridized carbons (Fsp3) is 0.476. The predicted octanol–water partition coefficient (Wildman–Crippen LogP) is 4.26. The molecule has 0 saturated carbocycles. The van der Waals surface area contributed by atoms with Crippen molar-refractivity contribution in [3.63, 3.8) is 0 Å². The van der Waals surface area contributed by atoms with Crippen LogP contribution < -0.4 is 0 Å². The van der Waals surface area contributed by atoms with Crippen molar-refractivity contribution in [1.82, 2.24) is 4.98 Å². The van der Waals surface area contributed by atoms with Gasteiger partial charge in [0, 0.05) is 10.9 Å². The van der Waals surface area contributed by atoms with E-state index >= 15 is 0 Å². The molecule has 0 unspecified atom stereocenters. The fourth-order valence-electron chi connectivity index (χ4n) is 2.66. The molecule has 0 aliphatic carbocycles. The lowest BCUT2D eigenvalue weighted by atomic mass is 10.1. The highest BCUT2D eigenvalue weighted by molar-refractivity contribution is 6.13. The first-order chi connectivity index (χ1) is 13.5. The summed E-state index contributed by atoms with van der Waals surface area (Å²) < 4.78 is 15.6. The minimum Gasteiger partial charge on any atom is -0.462 e. The van der Waals surface area contributed by atoms with E-state index < -0.39 is 17.9 Å². The number of rotatable bonds is 10. The number of nitrogens with one attached hydrogen (secondary N) is 1. The molecule has 152 valence electrons. The Kier molecular flexibility index (Phi) is 8.04. The number of aromatic nitrogens is 1. The Bertz CT molecular complexity index is 839. The maximum absolute atomic E-state index is 12.7. The van der Waals surface area contributed by atoms with Gasteiger partial charge in [-0.05, 0) is 38.0 Å². The van der Waals surface area contributed by atoms with E-state index in [4.69, 9.17) is 14.2 Å². The summed E-state index contributed by atoms with van der Waals surface area (Å²) in [5.41, 5.74) is 0.951. The van der Waals surface area contributed by atoms with Crippen molar-refractivity contribution in [2.75, 3.05) is 19.8 Å². The van der Waals surface area contributed by atoms with Crippen molar-refractivity contribution in [3.8, 4) is 0 Å². The van der Waals surface area contributed by atoms with Gasteiger partial charge in [-0.2, -0.15) is 0 Å². The third kappa shape index (κ3) is 5.12. The van der Waals surface area contributed by atoms with Crippen LogP contribution in [0.2, 0.25) is 0 Å². The summed E-state index contributed by atoms with van der Waals surface area (Å²) >= 11 is 0. The van der Waals surface area contributed by atoms with Crippen LogP contribution in [0.15, 0.2) is 18.2 Å². The van der Waals surface area contributed by atoms with Gasteiger partial charge < -0.3 is 19.2 Å². The van der Waals surface area contributed by atoms with Crippen LogP contribution in [0.25, 0.3) is 10.9 Å². The van der Waals surface area contributed by atoms with Gasteiger partial charge in [0.1, 0.15) is 5.69 Å². The van der Waals surface area contributed by atoms with Crippen LogP contribution in [0, 0.1) is 0 Å². The summed E-state index contributed by atoms with van der Waals surface area (Å²) in [6.45, 7) is 6.46. The Balaban J connectivity index is 2.45. The van der Waals surface area contributed by atoms with E-state index in [1.54, 1.807) is 19.1 Å². The number of H-pyrrole nitrogens is 1. The molecule has 1 aromatic heterocycles. The summed E-state index contributed by atoms with van der Waals surface area (Å²) in [6, 6.07) is 4.74. The van der Waals surface area contributed by atoms with Gasteiger partial charge in [0.2, 0.25) is 0 Å². The van der Waals surface area contributed by atoms with Gasteiger partial charge in [-0.3, -0.25) is 0 Å². The van der Waals surface area contributed by atoms with Gasteiger partial charge in [0.05, 0.1) is 30.9 Å². The van der Waals surface area contributed by atoms with Crippen molar-refractivity contribution < 1.29 is 28.6 Å². The summed E-state index contributed by atoms with van der Waals surface area (Å²) in [7, 11) is 0. The number of aromatic amines is 1. The number of esters is 3. The Morgan fingerprint density at radius 1 is 0.857 bits per heavy atom. The number of benzene rings is 1. The highest BCUT2D eigenvalue weighted by Crippen LogP contribution is 2.26. The van der Waals surface area contributed by atoms with Crippen molar-refractivity contribution in [2.24, 2.45) is 0 Å². The van der Waals surface area contributed by atoms with Crippen molar-refractivity contribution >= 4 is 28.8 Å². The second kappa shape index (κ2) is 10.5. The van der Waals surface area contributed by atoms with E-state index in [0.29, 0.717) is 16.5 Å². The number of carbonyl (C=O) groups is 3. The SMILES string of the molecule is CCCCOC(=O)c1[nH]c2ccc(C(=O)OCC)cc2c1C(=O)OCCCC. The average molecular weight is 389 g/mol. The third-order valence-corrected chi connectivity index (χ3v) is 4.18. The molecule has 0 spiro atoms. The van der Waals surface area contributed by atoms with E-state index in [9.17, 15) is 14.4 Å². The van der Waals surface area contributed by atoms with Crippen LogP contribution in [-0.4, -0.2) is 42.7 Å². The normalized spacial score (nSPS) is 10.7. The standard InChI is InChI=1S/C21H27NO6/c1-4-7-11-27-20(24)17-15-13-14(19(23)26-6-3)9-10-16(15)22-18(17)21(25)28-12-8-5-2/h9-10,13,22H,4-8,11-12H2,1-3H3. The predicted molar refractivity (Wildman–Crippen MR) is 105 cm³/mol. The fourth-order valence-corrected chi connectivity index (χ4v) is 2.66. The molecule has 0 saturated heterocycles. The first-order valence-electron chi connectivity index (χ1n) is 9.70. The van der Waals surface area contributed by atoms with E-state index in [0.717, 1.165) is 25.7 Å².